The third kappa shape index (κ3) is 10.7. The van der Waals surface area contributed by atoms with Gasteiger partial charge in [-0.15, -0.1) is 0 Å². The topological polar surface area (TPSA) is 232 Å². The number of rotatable bonds is 10. The van der Waals surface area contributed by atoms with Gasteiger partial charge in [0.2, 0.25) is 11.8 Å². The molecule has 0 saturated carbocycles. The first-order chi connectivity index (χ1) is 26.4. The molecule has 0 aliphatic carbocycles. The van der Waals surface area contributed by atoms with Crippen LogP contribution in [0.2, 0.25) is 0 Å². The van der Waals surface area contributed by atoms with Crippen LogP contribution in [-0.4, -0.2) is 158 Å². The quantitative estimate of drug-likeness (QED) is 0.164. The van der Waals surface area contributed by atoms with Crippen molar-refractivity contribution in [2.45, 2.75) is 12.2 Å². The van der Waals surface area contributed by atoms with Gasteiger partial charge in [-0.2, -0.15) is 0 Å². The van der Waals surface area contributed by atoms with E-state index in [1.807, 2.05) is 9.80 Å². The number of nitrogens with one attached hydrogen (secondary N) is 1. The summed E-state index contributed by atoms with van der Waals surface area (Å²) in [6.45, 7) is 3.50. The molecule has 4 saturated heterocycles. The molecule has 2 atom stereocenters. The van der Waals surface area contributed by atoms with E-state index in [1.54, 1.807) is 34.1 Å². The standard InChI is InChI=1S/C17H22FN5O4S.C17H19FN4O4S.H3N/c18-13-7-11(23-9-12(27-17(23)26)8-20-16(19)28)1-2-14(13)21-3-5-22(6-4-21)15(25)10-24;18-14-7-12(22-9-13(8-19-11-27)26-17(22)25)1-2-15(14)20-3-5-21(6-4-20)16(24)10-23;/h1-2,7,12,24H,3-6,8-10H2,(H3,19,20,28);1-2,7,13,23H,3-6,8-10H2;1H3/t12-;13-;/m00./s1. The first-order valence-electron chi connectivity index (χ1n) is 17.3. The van der Waals surface area contributed by atoms with Crippen molar-refractivity contribution in [1.29, 1.82) is 0 Å². The van der Waals surface area contributed by atoms with E-state index in [-0.39, 0.29) is 49.3 Å². The lowest BCUT2D eigenvalue weighted by Gasteiger charge is -2.36. The predicted octanol–water partition coefficient (Wildman–Crippen LogP) is 0.682. The molecule has 18 nitrogen and oxygen atoms in total. The Bertz CT molecular complexity index is 1810. The fourth-order valence-corrected chi connectivity index (χ4v) is 6.61. The van der Waals surface area contributed by atoms with Gasteiger partial charge < -0.3 is 56.5 Å². The zero-order valence-corrected chi connectivity index (χ0v) is 32.0. The molecule has 56 heavy (non-hydrogen) atoms. The molecule has 0 aromatic heterocycles. The highest BCUT2D eigenvalue weighted by Crippen LogP contribution is 2.30. The number of nitrogens with zero attached hydrogens (tertiary/aromatic N) is 7. The number of aliphatic hydroxyl groups is 2. The summed E-state index contributed by atoms with van der Waals surface area (Å²) in [5.74, 6) is -1.58. The predicted molar refractivity (Wildman–Crippen MR) is 209 cm³/mol. The lowest BCUT2D eigenvalue weighted by molar-refractivity contribution is -0.135. The Morgan fingerprint density at radius 3 is 1.62 bits per heavy atom. The number of hydrogen-bond donors (Lipinski definition) is 5. The van der Waals surface area contributed by atoms with E-state index < -0.39 is 49.2 Å². The number of aliphatic imine (C=N–C) groups is 1. The van der Waals surface area contributed by atoms with Gasteiger partial charge in [0.25, 0.3) is 0 Å². The first kappa shape index (κ1) is 43.5. The fourth-order valence-electron chi connectivity index (χ4n) is 6.45. The number of ether oxygens (including phenoxy) is 2. The number of thiocarbonyl (C=S) groups is 2. The molecule has 304 valence electrons. The summed E-state index contributed by atoms with van der Waals surface area (Å²) >= 11 is 9.23. The molecule has 2 aromatic rings. The molecule has 6 rings (SSSR count). The summed E-state index contributed by atoms with van der Waals surface area (Å²) in [4.78, 5) is 60.4. The lowest BCUT2D eigenvalue weighted by Crippen LogP contribution is -2.49. The minimum absolute atomic E-state index is 0. The van der Waals surface area contributed by atoms with Crippen molar-refractivity contribution < 1.29 is 47.6 Å². The van der Waals surface area contributed by atoms with Gasteiger partial charge in [-0.1, -0.05) is 0 Å². The Hall–Kier alpha value is -5.25. The zero-order chi connectivity index (χ0) is 39.6. The van der Waals surface area contributed by atoms with Crippen LogP contribution in [0.15, 0.2) is 41.4 Å². The smallest absolute Gasteiger partial charge is 0.414 e. The van der Waals surface area contributed by atoms with Gasteiger partial charge in [-0.3, -0.25) is 19.4 Å². The van der Waals surface area contributed by atoms with Crippen molar-refractivity contribution >= 4 is 81.5 Å². The summed E-state index contributed by atoms with van der Waals surface area (Å²) in [5, 5.41) is 22.9. The molecular formula is C34H44F2N10O8S2. The van der Waals surface area contributed by atoms with Crippen LogP contribution in [0.5, 0.6) is 0 Å². The van der Waals surface area contributed by atoms with Crippen LogP contribution in [0.25, 0.3) is 0 Å². The van der Waals surface area contributed by atoms with Gasteiger partial charge in [0.05, 0.1) is 54.1 Å². The van der Waals surface area contributed by atoms with Crippen molar-refractivity contribution in [1.82, 2.24) is 21.3 Å². The van der Waals surface area contributed by atoms with Crippen LogP contribution in [0.1, 0.15) is 0 Å². The van der Waals surface area contributed by atoms with E-state index >= 15 is 0 Å². The molecule has 0 unspecified atom stereocenters. The van der Waals surface area contributed by atoms with Crippen molar-refractivity contribution in [3.05, 3.63) is 48.0 Å². The molecule has 4 fully saturated rings. The van der Waals surface area contributed by atoms with Crippen molar-refractivity contribution in [2.24, 2.45) is 10.7 Å². The molecular weight excluding hydrogens is 779 g/mol. The Morgan fingerprint density at radius 2 is 1.23 bits per heavy atom. The van der Waals surface area contributed by atoms with Crippen LogP contribution in [0.3, 0.4) is 0 Å². The Morgan fingerprint density at radius 1 is 0.804 bits per heavy atom. The molecule has 2 aromatic carbocycles. The Balaban J connectivity index is 0.000000244. The average molecular weight is 823 g/mol. The second-order valence-electron chi connectivity index (χ2n) is 12.7. The van der Waals surface area contributed by atoms with Gasteiger partial charge in [0.1, 0.15) is 37.1 Å². The normalized spacial score (nSPS) is 19.3. The fraction of sp³-hybridized carbons (Fsp3) is 0.471. The summed E-state index contributed by atoms with van der Waals surface area (Å²) in [6.07, 6.45) is -1.98. The van der Waals surface area contributed by atoms with Gasteiger partial charge >= 0.3 is 12.2 Å². The molecule has 0 radical (unpaired) electrons. The van der Waals surface area contributed by atoms with E-state index in [1.165, 1.54) is 21.9 Å². The maximum Gasteiger partial charge on any atom is 0.414 e. The molecule has 4 amide bonds. The molecule has 22 heteroatoms. The number of amides is 4. The molecule has 0 bridgehead atoms. The van der Waals surface area contributed by atoms with Crippen LogP contribution < -0.4 is 36.8 Å². The van der Waals surface area contributed by atoms with Crippen LogP contribution in [0, 0.1) is 11.6 Å². The summed E-state index contributed by atoms with van der Waals surface area (Å²) in [5.41, 5.74) is 6.99. The van der Waals surface area contributed by atoms with Crippen LogP contribution in [0.4, 0.5) is 41.1 Å². The number of anilines is 4. The van der Waals surface area contributed by atoms with E-state index in [0.717, 1.165) is 0 Å². The number of piperazine rings is 2. The monoisotopic (exact) mass is 822 g/mol. The SMILES string of the molecule is N.NC(=S)NC[C@H]1CN(c2ccc(N3CCN(C(=O)CO)CC3)c(F)c2)C(=O)O1.O=C(CO)N1CCN(c2ccc(N3C[C@H](CN=C=S)OC3=O)cc2F)CC1. The molecule has 4 aliphatic heterocycles. The van der Waals surface area contributed by atoms with Gasteiger partial charge in [-0.25, -0.2) is 23.4 Å². The maximum absolute atomic E-state index is 14.7. The third-order valence-corrected chi connectivity index (χ3v) is 9.59. The lowest BCUT2D eigenvalue weighted by atomic mass is 10.2. The maximum atomic E-state index is 14.7. The second kappa shape index (κ2) is 20.1. The Kier molecular flexibility index (Phi) is 15.6. The molecule has 0 spiro atoms. The largest absolute Gasteiger partial charge is 0.442 e. The number of hydrogen-bond acceptors (Lipinski definition) is 14. The summed E-state index contributed by atoms with van der Waals surface area (Å²) in [7, 11) is 0. The van der Waals surface area contributed by atoms with Crippen LogP contribution >= 0.6 is 24.4 Å². The highest BCUT2D eigenvalue weighted by atomic mass is 32.1. The number of cyclic esters (lactones) is 2. The molecule has 8 N–H and O–H groups in total. The van der Waals surface area contributed by atoms with Crippen molar-refractivity contribution in [3.8, 4) is 0 Å². The number of nitrogens with two attached hydrogens (primary N) is 1. The van der Waals surface area contributed by atoms with E-state index in [9.17, 15) is 28.0 Å². The van der Waals surface area contributed by atoms with E-state index in [2.05, 4.69) is 27.7 Å². The van der Waals surface area contributed by atoms with E-state index in [4.69, 9.17) is 37.6 Å². The number of carbonyl (C=O) groups is 4. The van der Waals surface area contributed by atoms with Gasteiger partial charge in [0, 0.05) is 52.4 Å². The molecule has 4 heterocycles. The highest BCUT2D eigenvalue weighted by molar-refractivity contribution is 7.80. The molecule has 4 aliphatic rings. The first-order valence-corrected chi connectivity index (χ1v) is 18.1. The second-order valence-corrected chi connectivity index (χ2v) is 13.4. The number of aliphatic hydroxyl groups excluding tert-OH is 2. The van der Waals surface area contributed by atoms with Crippen molar-refractivity contribution in [3.63, 3.8) is 0 Å². The number of isothiocyanates is 1. The van der Waals surface area contributed by atoms with Crippen LogP contribution in [-0.2, 0) is 19.1 Å². The average Bonchev–Trinajstić information content (AvgIpc) is 3.76. The minimum atomic E-state index is -0.557. The van der Waals surface area contributed by atoms with E-state index in [0.29, 0.717) is 75.1 Å². The number of benzene rings is 2. The van der Waals surface area contributed by atoms with Gasteiger partial charge in [0.15, 0.2) is 5.11 Å². The number of carbonyl (C=O) groups excluding carboxylic acids is 4. The third-order valence-electron chi connectivity index (χ3n) is 9.31. The minimum Gasteiger partial charge on any atom is -0.442 e. The summed E-state index contributed by atoms with van der Waals surface area (Å²) < 4.78 is 39.8. The highest BCUT2D eigenvalue weighted by Gasteiger charge is 2.34. The number of halogens is 2. The zero-order valence-electron chi connectivity index (χ0n) is 30.3. The van der Waals surface area contributed by atoms with Crippen molar-refractivity contribution in [2.75, 3.05) is 111 Å². The summed E-state index contributed by atoms with van der Waals surface area (Å²) in [6, 6.07) is 9.15. The van der Waals surface area contributed by atoms with Gasteiger partial charge in [-0.05, 0) is 60.8 Å². The Labute approximate surface area is 331 Å².